The van der Waals surface area contributed by atoms with Gasteiger partial charge in [0.25, 0.3) is 5.69 Å². The molecule has 0 N–H and O–H groups in total. The minimum atomic E-state index is -0.449. The van der Waals surface area contributed by atoms with Crippen molar-refractivity contribution < 1.29 is 9.34 Å². The molecule has 0 radical (unpaired) electrons. The molecule has 2 aromatic heterocycles. The number of nitro groups is 1. The van der Waals surface area contributed by atoms with Crippen LogP contribution in [0.25, 0.3) is 22.5 Å². The SMILES string of the molecule is C=CCn1c(SCc2nnc(-c3ccc([N+](=O)[O-])cc3)o2)nc2ccccc21. The van der Waals surface area contributed by atoms with E-state index in [9.17, 15) is 10.1 Å². The Bertz CT molecular complexity index is 1150. The number of non-ortho nitro benzene ring substituents is 1. The smallest absolute Gasteiger partial charge is 0.269 e. The zero-order valence-electron chi connectivity index (χ0n) is 14.7. The van der Waals surface area contributed by atoms with E-state index in [2.05, 4.69) is 26.3 Å². The Morgan fingerprint density at radius 1 is 1.18 bits per heavy atom. The average molecular weight is 393 g/mol. The molecule has 0 amide bonds. The van der Waals surface area contributed by atoms with Crippen LogP contribution in [-0.2, 0) is 12.3 Å². The van der Waals surface area contributed by atoms with E-state index in [1.165, 1.54) is 23.9 Å². The molecule has 9 heteroatoms. The van der Waals surface area contributed by atoms with Gasteiger partial charge in [-0.3, -0.25) is 10.1 Å². The van der Waals surface area contributed by atoms with Crippen LogP contribution in [0.1, 0.15) is 5.89 Å². The van der Waals surface area contributed by atoms with E-state index < -0.39 is 4.92 Å². The molecule has 0 spiro atoms. The molecular weight excluding hydrogens is 378 g/mol. The van der Waals surface area contributed by atoms with E-state index in [0.717, 1.165) is 16.2 Å². The number of benzene rings is 2. The van der Waals surface area contributed by atoms with Crippen molar-refractivity contribution in [3.8, 4) is 11.5 Å². The first-order valence-electron chi connectivity index (χ1n) is 8.42. The highest BCUT2D eigenvalue weighted by atomic mass is 32.2. The summed E-state index contributed by atoms with van der Waals surface area (Å²) >= 11 is 1.50. The molecule has 0 saturated heterocycles. The number of imidazole rings is 1. The monoisotopic (exact) mass is 393 g/mol. The number of fused-ring (bicyclic) bond motifs is 1. The third-order valence-electron chi connectivity index (χ3n) is 4.05. The Hall–Kier alpha value is -3.46. The summed E-state index contributed by atoms with van der Waals surface area (Å²) in [7, 11) is 0. The first-order valence-corrected chi connectivity index (χ1v) is 9.40. The zero-order valence-corrected chi connectivity index (χ0v) is 15.5. The highest BCUT2D eigenvalue weighted by molar-refractivity contribution is 7.98. The fraction of sp³-hybridized carbons (Fsp3) is 0.105. The van der Waals surface area contributed by atoms with Crippen molar-refractivity contribution in [1.29, 1.82) is 0 Å². The number of hydrogen-bond acceptors (Lipinski definition) is 7. The number of aromatic nitrogens is 4. The van der Waals surface area contributed by atoms with Crippen LogP contribution in [0.4, 0.5) is 5.69 Å². The van der Waals surface area contributed by atoms with Crippen molar-refractivity contribution in [2.45, 2.75) is 17.5 Å². The van der Waals surface area contributed by atoms with Gasteiger partial charge in [0.1, 0.15) is 0 Å². The summed E-state index contributed by atoms with van der Waals surface area (Å²) in [5.41, 5.74) is 2.61. The molecule has 4 rings (SSSR count). The van der Waals surface area contributed by atoms with Crippen LogP contribution in [0, 0.1) is 10.1 Å². The Morgan fingerprint density at radius 3 is 2.71 bits per heavy atom. The second-order valence-corrected chi connectivity index (χ2v) is 6.82. The van der Waals surface area contributed by atoms with Crippen molar-refractivity contribution in [3.05, 3.63) is 77.2 Å². The fourth-order valence-electron chi connectivity index (χ4n) is 2.75. The van der Waals surface area contributed by atoms with Gasteiger partial charge < -0.3 is 8.98 Å². The van der Waals surface area contributed by atoms with Gasteiger partial charge >= 0.3 is 0 Å². The summed E-state index contributed by atoms with van der Waals surface area (Å²) in [4.78, 5) is 15.0. The maximum atomic E-state index is 10.7. The van der Waals surface area contributed by atoms with Crippen LogP contribution in [0.3, 0.4) is 0 Å². The third-order valence-corrected chi connectivity index (χ3v) is 5.01. The molecule has 0 bridgehead atoms. The van der Waals surface area contributed by atoms with Crippen molar-refractivity contribution in [1.82, 2.24) is 19.7 Å². The number of nitrogens with zero attached hydrogens (tertiary/aromatic N) is 5. The topological polar surface area (TPSA) is 99.9 Å². The first-order chi connectivity index (χ1) is 13.7. The second kappa shape index (κ2) is 7.65. The third kappa shape index (κ3) is 3.52. The van der Waals surface area contributed by atoms with Gasteiger partial charge in [0.15, 0.2) is 5.16 Å². The lowest BCUT2D eigenvalue weighted by Crippen LogP contribution is -1.97. The fourth-order valence-corrected chi connectivity index (χ4v) is 3.61. The maximum absolute atomic E-state index is 10.7. The Balaban J connectivity index is 1.52. The highest BCUT2D eigenvalue weighted by Gasteiger charge is 2.14. The second-order valence-electron chi connectivity index (χ2n) is 5.88. The van der Waals surface area contributed by atoms with E-state index >= 15 is 0 Å². The predicted octanol–water partition coefficient (Wildman–Crippen LogP) is 4.47. The van der Waals surface area contributed by atoms with Crippen LogP contribution >= 0.6 is 11.8 Å². The standard InChI is InChI=1S/C19H15N5O3S/c1-2-11-23-16-6-4-3-5-15(16)20-19(23)28-12-17-21-22-18(27-17)13-7-9-14(10-8-13)24(25)26/h2-10H,1,11-12H2. The summed E-state index contributed by atoms with van der Waals surface area (Å²) in [6.45, 7) is 4.47. The van der Waals surface area contributed by atoms with E-state index in [0.29, 0.717) is 29.6 Å². The van der Waals surface area contributed by atoms with Crippen LogP contribution in [-0.4, -0.2) is 24.7 Å². The normalized spacial score (nSPS) is 11.0. The lowest BCUT2D eigenvalue weighted by molar-refractivity contribution is -0.384. The molecule has 0 aliphatic heterocycles. The average Bonchev–Trinajstić information content (AvgIpc) is 3.32. The number of para-hydroxylation sites is 2. The molecule has 0 atom stereocenters. The lowest BCUT2D eigenvalue weighted by atomic mass is 10.2. The molecule has 2 aromatic carbocycles. The molecule has 4 aromatic rings. The van der Waals surface area contributed by atoms with Crippen molar-refractivity contribution in [3.63, 3.8) is 0 Å². The van der Waals surface area contributed by atoms with Crippen LogP contribution in [0.5, 0.6) is 0 Å². The van der Waals surface area contributed by atoms with Crippen LogP contribution in [0.2, 0.25) is 0 Å². The highest BCUT2D eigenvalue weighted by Crippen LogP contribution is 2.28. The van der Waals surface area contributed by atoms with E-state index in [1.54, 1.807) is 12.1 Å². The first kappa shape index (κ1) is 17.9. The Labute approximate surface area is 164 Å². The Kier molecular flexibility index (Phi) is 4.90. The van der Waals surface area contributed by atoms with Gasteiger partial charge in [0.2, 0.25) is 11.8 Å². The number of hydrogen-bond donors (Lipinski definition) is 0. The van der Waals surface area contributed by atoms with E-state index in [4.69, 9.17) is 4.42 Å². The number of thioether (sulfide) groups is 1. The van der Waals surface area contributed by atoms with Crippen molar-refractivity contribution >= 4 is 28.5 Å². The molecule has 8 nitrogen and oxygen atoms in total. The zero-order chi connectivity index (χ0) is 19.5. The summed E-state index contributed by atoms with van der Waals surface area (Å²) in [5.74, 6) is 1.24. The van der Waals surface area contributed by atoms with Crippen LogP contribution < -0.4 is 0 Å². The summed E-state index contributed by atoms with van der Waals surface area (Å²) in [6.07, 6.45) is 1.83. The molecular formula is C19H15N5O3S. The molecule has 0 saturated carbocycles. The quantitative estimate of drug-likeness (QED) is 0.198. The van der Waals surface area contributed by atoms with Gasteiger partial charge in [0.05, 0.1) is 21.7 Å². The van der Waals surface area contributed by atoms with E-state index in [1.807, 2.05) is 30.3 Å². The number of rotatable bonds is 7. The molecule has 140 valence electrons. The molecule has 0 aliphatic carbocycles. The summed E-state index contributed by atoms with van der Waals surface area (Å²) < 4.78 is 7.78. The molecule has 0 aliphatic rings. The van der Waals surface area contributed by atoms with E-state index in [-0.39, 0.29) is 5.69 Å². The predicted molar refractivity (Wildman–Crippen MR) is 106 cm³/mol. The summed E-state index contributed by atoms with van der Waals surface area (Å²) in [5, 5.41) is 19.7. The van der Waals surface area contributed by atoms with Gasteiger partial charge in [-0.2, -0.15) is 0 Å². The molecule has 28 heavy (non-hydrogen) atoms. The number of allylic oxidation sites excluding steroid dienone is 1. The molecule has 0 fully saturated rings. The summed E-state index contributed by atoms with van der Waals surface area (Å²) in [6, 6.07) is 13.9. The van der Waals surface area contributed by atoms with Crippen LogP contribution in [0.15, 0.2) is 70.8 Å². The van der Waals surface area contributed by atoms with Gasteiger partial charge in [-0.15, -0.1) is 16.8 Å². The minimum absolute atomic E-state index is 0.0140. The molecule has 0 unspecified atom stereocenters. The van der Waals surface area contributed by atoms with Gasteiger partial charge in [-0.05, 0) is 24.3 Å². The number of nitro benzene ring substituents is 1. The lowest BCUT2D eigenvalue weighted by Gasteiger charge is -2.04. The van der Waals surface area contributed by atoms with Crippen molar-refractivity contribution in [2.24, 2.45) is 0 Å². The van der Waals surface area contributed by atoms with Gasteiger partial charge in [-0.1, -0.05) is 30.0 Å². The van der Waals surface area contributed by atoms with Gasteiger partial charge in [-0.25, -0.2) is 4.98 Å². The Morgan fingerprint density at radius 2 is 1.96 bits per heavy atom. The molecule has 2 heterocycles. The maximum Gasteiger partial charge on any atom is 0.269 e. The van der Waals surface area contributed by atoms with Gasteiger partial charge in [0, 0.05) is 24.2 Å². The minimum Gasteiger partial charge on any atom is -0.420 e. The van der Waals surface area contributed by atoms with Crippen molar-refractivity contribution in [2.75, 3.05) is 0 Å². The largest absolute Gasteiger partial charge is 0.420 e.